The molecule has 0 saturated heterocycles. The zero-order valence-electron chi connectivity index (χ0n) is 5.50. The van der Waals surface area contributed by atoms with E-state index in [0.717, 1.165) is 6.20 Å². The van der Waals surface area contributed by atoms with Crippen LogP contribution in [0.2, 0.25) is 0 Å². The molecule has 0 fully saturated rings. The van der Waals surface area contributed by atoms with Crippen LogP contribution in [0.15, 0.2) is 11.2 Å². The summed E-state index contributed by atoms with van der Waals surface area (Å²) in [6.07, 6.45) is -4.12. The van der Waals surface area contributed by atoms with E-state index >= 15 is 0 Å². The molecule has 0 bridgehead atoms. The highest BCUT2D eigenvalue weighted by Crippen LogP contribution is 2.21. The first kappa shape index (κ1) is 10.3. The van der Waals surface area contributed by atoms with Crippen molar-refractivity contribution in [3.8, 4) is 0 Å². The molecule has 11 heavy (non-hydrogen) atoms. The second kappa shape index (κ2) is 3.61. The molecule has 64 valence electrons. The molecular formula is C5H5ClF3NO. The molecule has 6 heteroatoms. The van der Waals surface area contributed by atoms with Gasteiger partial charge in [0.1, 0.15) is 5.03 Å². The summed E-state index contributed by atoms with van der Waals surface area (Å²) in [6, 6.07) is 0. The fourth-order valence-corrected chi connectivity index (χ4v) is 0.544. The molecular weight excluding hydrogens is 183 g/mol. The van der Waals surface area contributed by atoms with Gasteiger partial charge < -0.3 is 5.32 Å². The Hall–Kier alpha value is -0.710. The average Bonchev–Trinajstić information content (AvgIpc) is 1.85. The Kier molecular flexibility index (Phi) is 3.38. The fourth-order valence-electron chi connectivity index (χ4n) is 0.328. The quantitative estimate of drug-likeness (QED) is 0.663. The first-order valence-electron chi connectivity index (χ1n) is 2.54. The van der Waals surface area contributed by atoms with Crippen LogP contribution in [0.1, 0.15) is 0 Å². The van der Waals surface area contributed by atoms with Crippen molar-refractivity contribution in [2.75, 3.05) is 7.05 Å². The van der Waals surface area contributed by atoms with Gasteiger partial charge in [0.2, 0.25) is 0 Å². The maximum Gasteiger partial charge on any atom is 0.455 e. The molecule has 0 aliphatic rings. The van der Waals surface area contributed by atoms with Crippen LogP contribution in [0.3, 0.4) is 0 Å². The molecule has 0 aromatic carbocycles. The molecule has 0 spiro atoms. The Balaban J connectivity index is 4.39. The van der Waals surface area contributed by atoms with E-state index in [2.05, 4.69) is 5.32 Å². The largest absolute Gasteiger partial charge is 0.455 e. The monoisotopic (exact) mass is 187 g/mol. The lowest BCUT2D eigenvalue weighted by molar-refractivity contribution is -0.165. The van der Waals surface area contributed by atoms with Gasteiger partial charge in [-0.1, -0.05) is 11.6 Å². The third-order valence-corrected chi connectivity index (χ3v) is 1.03. The van der Waals surface area contributed by atoms with Gasteiger partial charge in [-0.2, -0.15) is 13.2 Å². The van der Waals surface area contributed by atoms with Crippen LogP contribution in [-0.4, -0.2) is 19.0 Å². The molecule has 0 aliphatic heterocycles. The van der Waals surface area contributed by atoms with E-state index in [0.29, 0.717) is 0 Å². The van der Waals surface area contributed by atoms with Gasteiger partial charge in [0.15, 0.2) is 0 Å². The van der Waals surface area contributed by atoms with E-state index in [-0.39, 0.29) is 0 Å². The van der Waals surface area contributed by atoms with E-state index < -0.39 is 17.0 Å². The zero-order valence-corrected chi connectivity index (χ0v) is 6.25. The molecule has 0 saturated carbocycles. The van der Waals surface area contributed by atoms with Gasteiger partial charge in [-0.15, -0.1) is 0 Å². The summed E-state index contributed by atoms with van der Waals surface area (Å²) in [5.74, 6) is -2.05. The maximum atomic E-state index is 11.5. The van der Waals surface area contributed by atoms with Crippen molar-refractivity contribution in [2.24, 2.45) is 0 Å². The van der Waals surface area contributed by atoms with Crippen molar-refractivity contribution >= 4 is 17.4 Å². The van der Waals surface area contributed by atoms with Gasteiger partial charge >= 0.3 is 6.18 Å². The lowest BCUT2D eigenvalue weighted by Crippen LogP contribution is -2.23. The topological polar surface area (TPSA) is 29.1 Å². The zero-order chi connectivity index (χ0) is 9.07. The highest BCUT2D eigenvalue weighted by molar-refractivity contribution is 6.43. The Morgan fingerprint density at radius 2 is 2.00 bits per heavy atom. The van der Waals surface area contributed by atoms with Crippen LogP contribution in [-0.2, 0) is 4.79 Å². The van der Waals surface area contributed by atoms with Crippen LogP contribution in [0, 0.1) is 0 Å². The van der Waals surface area contributed by atoms with E-state index in [1.807, 2.05) is 0 Å². The number of alkyl halides is 3. The molecule has 0 unspecified atom stereocenters. The van der Waals surface area contributed by atoms with Crippen molar-refractivity contribution in [3.05, 3.63) is 11.2 Å². The molecule has 0 radical (unpaired) electrons. The van der Waals surface area contributed by atoms with Crippen molar-refractivity contribution in [3.63, 3.8) is 0 Å². The summed E-state index contributed by atoms with van der Waals surface area (Å²) >= 11 is 4.95. The number of allylic oxidation sites excluding steroid dienone is 1. The predicted molar refractivity (Wildman–Crippen MR) is 34.1 cm³/mol. The van der Waals surface area contributed by atoms with Gasteiger partial charge in [-0.25, -0.2) is 0 Å². The van der Waals surface area contributed by atoms with Crippen molar-refractivity contribution in [1.29, 1.82) is 0 Å². The number of carbonyl (C=O) groups excluding carboxylic acids is 1. The standard InChI is InChI=1S/C5H5ClF3NO/c1-10-2-3(6)4(11)5(7,8)9/h2,10H,1H3/b3-2-. The average molecular weight is 188 g/mol. The van der Waals surface area contributed by atoms with Gasteiger partial charge in [-0.05, 0) is 0 Å². The Morgan fingerprint density at radius 3 is 2.27 bits per heavy atom. The van der Waals surface area contributed by atoms with E-state index in [1.54, 1.807) is 0 Å². The number of halogens is 4. The van der Waals surface area contributed by atoms with Crippen LogP contribution < -0.4 is 5.32 Å². The molecule has 2 nitrogen and oxygen atoms in total. The summed E-state index contributed by atoms with van der Waals surface area (Å²) in [5.41, 5.74) is 0. The lowest BCUT2D eigenvalue weighted by atomic mass is 10.4. The highest BCUT2D eigenvalue weighted by atomic mass is 35.5. The second-order valence-electron chi connectivity index (χ2n) is 1.61. The minimum Gasteiger partial charge on any atom is -0.393 e. The second-order valence-corrected chi connectivity index (χ2v) is 2.02. The number of carbonyl (C=O) groups is 1. The molecule has 0 heterocycles. The maximum absolute atomic E-state index is 11.5. The number of Topliss-reactive ketones (excluding diaryl/α,β-unsaturated/α-hetero) is 1. The molecule has 0 amide bonds. The minimum atomic E-state index is -4.90. The SMILES string of the molecule is CN/C=C(\Cl)C(=O)C(F)(F)F. The van der Waals surface area contributed by atoms with Crippen molar-refractivity contribution < 1.29 is 18.0 Å². The fraction of sp³-hybridized carbons (Fsp3) is 0.400. The van der Waals surface area contributed by atoms with E-state index in [9.17, 15) is 18.0 Å². The smallest absolute Gasteiger partial charge is 0.393 e. The first-order valence-corrected chi connectivity index (χ1v) is 2.92. The Labute approximate surface area is 66.0 Å². The Bertz CT molecular complexity index is 187. The number of hydrogen-bond acceptors (Lipinski definition) is 2. The van der Waals surface area contributed by atoms with Crippen LogP contribution in [0.5, 0.6) is 0 Å². The summed E-state index contributed by atoms with van der Waals surface area (Å²) < 4.78 is 34.6. The minimum absolute atomic E-state index is 0.775. The van der Waals surface area contributed by atoms with E-state index in [1.165, 1.54) is 7.05 Å². The number of ketones is 1. The molecule has 1 N–H and O–H groups in total. The normalized spacial score (nSPS) is 13.0. The number of hydrogen-bond donors (Lipinski definition) is 1. The Morgan fingerprint density at radius 1 is 1.55 bits per heavy atom. The molecule has 0 aromatic rings. The third kappa shape index (κ3) is 3.27. The summed E-state index contributed by atoms with van der Waals surface area (Å²) in [5, 5.41) is 1.33. The summed E-state index contributed by atoms with van der Waals surface area (Å²) in [4.78, 5) is 10.2. The van der Waals surface area contributed by atoms with Crippen LogP contribution in [0.25, 0.3) is 0 Å². The van der Waals surface area contributed by atoms with Gasteiger partial charge in [0.25, 0.3) is 5.78 Å². The number of rotatable bonds is 2. The summed E-state index contributed by atoms with van der Waals surface area (Å²) in [7, 11) is 1.34. The lowest BCUT2D eigenvalue weighted by Gasteiger charge is -2.02. The van der Waals surface area contributed by atoms with Crippen LogP contribution in [0.4, 0.5) is 13.2 Å². The van der Waals surface area contributed by atoms with Crippen molar-refractivity contribution in [1.82, 2.24) is 5.32 Å². The van der Waals surface area contributed by atoms with Gasteiger partial charge in [-0.3, -0.25) is 4.79 Å². The van der Waals surface area contributed by atoms with E-state index in [4.69, 9.17) is 11.6 Å². The molecule has 0 atom stereocenters. The highest BCUT2D eigenvalue weighted by Gasteiger charge is 2.40. The van der Waals surface area contributed by atoms with Crippen molar-refractivity contribution in [2.45, 2.75) is 6.18 Å². The molecule has 0 aromatic heterocycles. The molecule has 0 rings (SSSR count). The first-order chi connectivity index (χ1) is 4.89. The van der Waals surface area contributed by atoms with Gasteiger partial charge in [0.05, 0.1) is 0 Å². The van der Waals surface area contributed by atoms with Gasteiger partial charge in [0, 0.05) is 13.2 Å². The third-order valence-electron chi connectivity index (χ3n) is 0.745. The number of nitrogens with one attached hydrogen (secondary N) is 1. The molecule has 0 aliphatic carbocycles. The summed E-state index contributed by atoms with van der Waals surface area (Å²) in [6.45, 7) is 0. The predicted octanol–water partition coefficient (Wildman–Crippen LogP) is 1.42. The van der Waals surface area contributed by atoms with Crippen LogP contribution >= 0.6 is 11.6 Å².